The molecule has 0 bridgehead atoms. The number of hydrogen-bond donors (Lipinski definition) is 0. The van der Waals surface area contributed by atoms with Crippen LogP contribution < -0.4 is 4.74 Å². The Morgan fingerprint density at radius 1 is 1.31 bits per heavy atom. The first kappa shape index (κ1) is 19.0. The molecule has 26 heavy (non-hydrogen) atoms. The molecule has 0 spiro atoms. The third-order valence-electron chi connectivity index (χ3n) is 4.84. The molecule has 1 fully saturated rings. The molecule has 2 aliphatic heterocycles. The van der Waals surface area contributed by atoms with Crippen LogP contribution in [0.2, 0.25) is 10.0 Å². The van der Waals surface area contributed by atoms with E-state index in [0.717, 1.165) is 11.3 Å². The maximum absolute atomic E-state index is 12.6. The summed E-state index contributed by atoms with van der Waals surface area (Å²) >= 11 is 12.6. The van der Waals surface area contributed by atoms with Crippen LogP contribution in [0, 0.1) is 0 Å². The van der Waals surface area contributed by atoms with Crippen LogP contribution in [0.1, 0.15) is 18.4 Å². The number of amides is 2. The molecule has 0 radical (unpaired) electrons. The highest BCUT2D eigenvalue weighted by atomic mass is 35.5. The van der Waals surface area contributed by atoms with Gasteiger partial charge < -0.3 is 19.3 Å². The number of hydrogen-bond acceptors (Lipinski definition) is 4. The van der Waals surface area contributed by atoms with Gasteiger partial charge in [-0.1, -0.05) is 29.3 Å². The molecule has 3 rings (SSSR count). The van der Waals surface area contributed by atoms with E-state index in [2.05, 4.69) is 0 Å². The molecule has 0 saturated carbocycles. The van der Waals surface area contributed by atoms with Crippen LogP contribution in [-0.2, 0) is 14.3 Å². The van der Waals surface area contributed by atoms with Crippen molar-refractivity contribution >= 4 is 35.0 Å². The number of piperazine rings is 1. The Kier molecular flexibility index (Phi) is 5.46. The normalized spacial score (nSPS) is 22.3. The first-order valence-corrected chi connectivity index (χ1v) is 8.97. The molecule has 0 N–H and O–H groups in total. The second kappa shape index (κ2) is 7.47. The van der Waals surface area contributed by atoms with Gasteiger partial charge in [-0.15, -0.1) is 0 Å². The lowest BCUT2D eigenvalue weighted by atomic mass is 9.98. The Morgan fingerprint density at radius 2 is 2.04 bits per heavy atom. The highest BCUT2D eigenvalue weighted by Gasteiger charge is 2.41. The predicted octanol–water partition coefficient (Wildman–Crippen LogP) is 2.69. The van der Waals surface area contributed by atoms with Gasteiger partial charge in [0.15, 0.2) is 0 Å². The molecule has 1 aromatic carbocycles. The van der Waals surface area contributed by atoms with E-state index in [1.807, 2.05) is 13.0 Å². The second-order valence-electron chi connectivity index (χ2n) is 6.31. The molecule has 0 aromatic heterocycles. The molecular formula is C18H20Cl2N2O4. The van der Waals surface area contributed by atoms with Crippen molar-refractivity contribution < 1.29 is 19.1 Å². The summed E-state index contributed by atoms with van der Waals surface area (Å²) in [4.78, 5) is 28.1. The molecule has 2 heterocycles. The molecule has 2 aliphatic rings. The number of carbonyl (C=O) groups is 2. The van der Waals surface area contributed by atoms with Crippen LogP contribution >= 0.6 is 23.2 Å². The zero-order chi connectivity index (χ0) is 19.0. The Morgan fingerprint density at radius 3 is 2.69 bits per heavy atom. The Hall–Kier alpha value is -1.76. The van der Waals surface area contributed by atoms with Gasteiger partial charge in [0.05, 0.1) is 23.2 Å². The predicted molar refractivity (Wildman–Crippen MR) is 98.6 cm³/mol. The first-order valence-electron chi connectivity index (χ1n) is 8.21. The maximum Gasteiger partial charge on any atom is 0.249 e. The van der Waals surface area contributed by atoms with Gasteiger partial charge in [-0.3, -0.25) is 9.59 Å². The fourth-order valence-corrected chi connectivity index (χ4v) is 4.01. The highest BCUT2D eigenvalue weighted by molar-refractivity contribution is 6.42. The Balaban J connectivity index is 1.97. The van der Waals surface area contributed by atoms with Gasteiger partial charge in [0.25, 0.3) is 0 Å². The number of rotatable bonds is 4. The van der Waals surface area contributed by atoms with Crippen molar-refractivity contribution in [1.82, 2.24) is 9.80 Å². The number of fused-ring (bicyclic) bond motifs is 1. The third kappa shape index (κ3) is 3.17. The molecule has 1 saturated heterocycles. The molecule has 0 aliphatic carbocycles. The monoisotopic (exact) mass is 398 g/mol. The van der Waals surface area contributed by atoms with Gasteiger partial charge in [-0.2, -0.15) is 0 Å². The van der Waals surface area contributed by atoms with Crippen LogP contribution in [-0.4, -0.2) is 61.6 Å². The highest BCUT2D eigenvalue weighted by Crippen LogP contribution is 2.43. The number of halogens is 2. The van der Waals surface area contributed by atoms with E-state index in [4.69, 9.17) is 32.7 Å². The van der Waals surface area contributed by atoms with Crippen LogP contribution in [0.25, 0.3) is 0 Å². The van der Waals surface area contributed by atoms with Crippen LogP contribution in [0.15, 0.2) is 23.9 Å². The van der Waals surface area contributed by atoms with Crippen molar-refractivity contribution in [2.75, 3.05) is 33.9 Å². The number of benzene rings is 1. The Labute approximate surface area is 162 Å². The standard InChI is InChI=1S/C18H20Cl2N2O4/c1-10-13-6-11(17-14(26-3)5-4-12(19)18(17)20)7-22(13)15(23)8-21(10)16(24)9-25-2/h4-6,10-11H,7-9H2,1-3H3/t10?,11-/m0/s1. The van der Waals surface area contributed by atoms with Gasteiger partial charge in [-0.05, 0) is 19.1 Å². The van der Waals surface area contributed by atoms with Crippen LogP contribution in [0.5, 0.6) is 5.75 Å². The molecule has 2 atom stereocenters. The SMILES string of the molecule is COCC(=O)N1CC(=O)N2C[C@@H](c3c(OC)ccc(Cl)c3Cl)C=C2C1C. The van der Waals surface area contributed by atoms with Crippen molar-refractivity contribution in [3.8, 4) is 5.75 Å². The summed E-state index contributed by atoms with van der Waals surface area (Å²) in [5.74, 6) is 0.123. The summed E-state index contributed by atoms with van der Waals surface area (Å²) in [7, 11) is 3.02. The van der Waals surface area contributed by atoms with Crippen LogP contribution in [0.3, 0.4) is 0 Å². The van der Waals surface area contributed by atoms with E-state index < -0.39 is 0 Å². The van der Waals surface area contributed by atoms with Gasteiger partial charge >= 0.3 is 0 Å². The number of ether oxygens (including phenoxy) is 2. The lowest BCUT2D eigenvalue weighted by Gasteiger charge is -2.39. The van der Waals surface area contributed by atoms with E-state index in [9.17, 15) is 9.59 Å². The summed E-state index contributed by atoms with van der Waals surface area (Å²) < 4.78 is 10.4. The largest absolute Gasteiger partial charge is 0.496 e. The molecule has 2 amide bonds. The summed E-state index contributed by atoms with van der Waals surface area (Å²) in [5.41, 5.74) is 1.53. The van der Waals surface area contributed by atoms with E-state index in [1.165, 1.54) is 12.0 Å². The third-order valence-corrected chi connectivity index (χ3v) is 5.66. The van der Waals surface area contributed by atoms with E-state index >= 15 is 0 Å². The minimum absolute atomic E-state index is 0.0355. The Bertz CT molecular complexity index is 781. The van der Waals surface area contributed by atoms with E-state index in [1.54, 1.807) is 24.1 Å². The average Bonchev–Trinajstić information content (AvgIpc) is 3.06. The quantitative estimate of drug-likeness (QED) is 0.781. The van der Waals surface area contributed by atoms with Crippen molar-refractivity contribution in [1.29, 1.82) is 0 Å². The van der Waals surface area contributed by atoms with Crippen molar-refractivity contribution in [3.05, 3.63) is 39.5 Å². The van der Waals surface area contributed by atoms with Crippen molar-refractivity contribution in [2.45, 2.75) is 18.9 Å². The number of methoxy groups -OCH3 is 2. The van der Waals surface area contributed by atoms with Gasteiger partial charge in [0.1, 0.15) is 18.9 Å². The second-order valence-corrected chi connectivity index (χ2v) is 7.10. The number of carbonyl (C=O) groups excluding carboxylic acids is 2. The molecule has 1 unspecified atom stereocenters. The minimum Gasteiger partial charge on any atom is -0.496 e. The lowest BCUT2D eigenvalue weighted by Crippen LogP contribution is -2.55. The fraction of sp³-hybridized carbons (Fsp3) is 0.444. The summed E-state index contributed by atoms with van der Waals surface area (Å²) in [6, 6.07) is 3.21. The van der Waals surface area contributed by atoms with Gasteiger partial charge in [-0.25, -0.2) is 0 Å². The van der Waals surface area contributed by atoms with E-state index in [-0.39, 0.29) is 36.9 Å². The fourth-order valence-electron chi connectivity index (χ4n) is 3.55. The smallest absolute Gasteiger partial charge is 0.249 e. The summed E-state index contributed by atoms with van der Waals surface area (Å²) in [6.07, 6.45) is 1.97. The topological polar surface area (TPSA) is 59.1 Å². The maximum atomic E-state index is 12.6. The first-order chi connectivity index (χ1) is 12.4. The molecule has 8 heteroatoms. The van der Waals surface area contributed by atoms with E-state index in [0.29, 0.717) is 22.3 Å². The zero-order valence-corrected chi connectivity index (χ0v) is 16.3. The van der Waals surface area contributed by atoms with Gasteiger partial charge in [0, 0.05) is 30.8 Å². The molecular weight excluding hydrogens is 379 g/mol. The molecule has 140 valence electrons. The van der Waals surface area contributed by atoms with Crippen LogP contribution in [0.4, 0.5) is 0 Å². The minimum atomic E-state index is -0.232. The van der Waals surface area contributed by atoms with Crippen molar-refractivity contribution in [2.24, 2.45) is 0 Å². The number of nitrogens with zero attached hydrogens (tertiary/aromatic N) is 2. The summed E-state index contributed by atoms with van der Waals surface area (Å²) in [6.45, 7) is 2.33. The molecule has 1 aromatic rings. The summed E-state index contributed by atoms with van der Waals surface area (Å²) in [5, 5.41) is 0.849. The van der Waals surface area contributed by atoms with Crippen molar-refractivity contribution in [3.63, 3.8) is 0 Å². The lowest BCUT2D eigenvalue weighted by molar-refractivity contribution is -0.147. The van der Waals surface area contributed by atoms with Gasteiger partial charge in [0.2, 0.25) is 11.8 Å². The molecule has 6 nitrogen and oxygen atoms in total. The zero-order valence-electron chi connectivity index (χ0n) is 14.8. The average molecular weight is 399 g/mol.